The molecule has 0 spiro atoms. The van der Waals surface area contributed by atoms with Crippen molar-refractivity contribution in [2.75, 3.05) is 18.5 Å². The van der Waals surface area contributed by atoms with Crippen molar-refractivity contribution < 1.29 is 0 Å². The average Bonchev–Trinajstić information content (AvgIpc) is 2.93. The number of halogens is 1. The Bertz CT molecular complexity index is 447. The third kappa shape index (κ3) is 2.99. The first-order valence-electron chi connectivity index (χ1n) is 5.79. The van der Waals surface area contributed by atoms with Crippen LogP contribution in [0.1, 0.15) is 18.9 Å². The lowest BCUT2D eigenvalue weighted by Gasteiger charge is -2.22. The SMILES string of the molecule is CC1CC1CN(C)c1ccc(Br)cc1C(N)=S. The van der Waals surface area contributed by atoms with Crippen LogP contribution in [-0.2, 0) is 0 Å². The maximum Gasteiger partial charge on any atom is 0.106 e. The zero-order valence-corrected chi connectivity index (χ0v) is 12.5. The second-order valence-electron chi connectivity index (χ2n) is 4.88. The van der Waals surface area contributed by atoms with Gasteiger partial charge in [0.15, 0.2) is 0 Å². The molecule has 2 unspecified atom stereocenters. The number of thiocarbonyl (C=S) groups is 1. The summed E-state index contributed by atoms with van der Waals surface area (Å²) in [5.41, 5.74) is 7.85. The van der Waals surface area contributed by atoms with Crippen LogP contribution in [0.25, 0.3) is 0 Å². The van der Waals surface area contributed by atoms with Crippen LogP contribution >= 0.6 is 28.1 Å². The van der Waals surface area contributed by atoms with Crippen LogP contribution in [-0.4, -0.2) is 18.6 Å². The summed E-state index contributed by atoms with van der Waals surface area (Å²) in [6.07, 6.45) is 1.34. The summed E-state index contributed by atoms with van der Waals surface area (Å²) < 4.78 is 1.01. The molecule has 1 saturated carbocycles. The van der Waals surface area contributed by atoms with E-state index in [1.807, 2.05) is 12.1 Å². The molecular weight excluding hydrogens is 296 g/mol. The third-order valence-corrected chi connectivity index (χ3v) is 4.13. The van der Waals surface area contributed by atoms with Gasteiger partial charge in [-0.1, -0.05) is 35.1 Å². The minimum absolute atomic E-state index is 0.456. The lowest BCUT2D eigenvalue weighted by atomic mass is 10.1. The molecule has 1 aliphatic carbocycles. The van der Waals surface area contributed by atoms with Gasteiger partial charge in [0.2, 0.25) is 0 Å². The highest BCUT2D eigenvalue weighted by molar-refractivity contribution is 9.10. The fraction of sp³-hybridized carbons (Fsp3) is 0.462. The van der Waals surface area contributed by atoms with E-state index >= 15 is 0 Å². The Hall–Kier alpha value is -0.610. The average molecular weight is 313 g/mol. The van der Waals surface area contributed by atoms with Crippen LogP contribution < -0.4 is 10.6 Å². The maximum atomic E-state index is 5.78. The van der Waals surface area contributed by atoms with Crippen molar-refractivity contribution in [3.8, 4) is 0 Å². The van der Waals surface area contributed by atoms with Crippen molar-refractivity contribution >= 4 is 38.8 Å². The van der Waals surface area contributed by atoms with Gasteiger partial charge in [-0.3, -0.25) is 0 Å². The molecule has 1 aromatic rings. The molecule has 0 heterocycles. The molecule has 0 aliphatic heterocycles. The highest BCUT2D eigenvalue weighted by Crippen LogP contribution is 2.39. The first-order valence-corrected chi connectivity index (χ1v) is 6.99. The number of rotatable bonds is 4. The molecule has 1 aliphatic rings. The Kier molecular flexibility index (Phi) is 3.73. The van der Waals surface area contributed by atoms with Gasteiger partial charge in [-0.15, -0.1) is 0 Å². The number of nitrogens with zero attached hydrogens (tertiary/aromatic N) is 1. The van der Waals surface area contributed by atoms with Crippen LogP contribution in [0.5, 0.6) is 0 Å². The van der Waals surface area contributed by atoms with Gasteiger partial charge in [-0.25, -0.2) is 0 Å². The van der Waals surface area contributed by atoms with E-state index in [0.29, 0.717) is 4.99 Å². The van der Waals surface area contributed by atoms with E-state index in [1.54, 1.807) is 0 Å². The molecule has 0 aromatic heterocycles. The predicted molar refractivity (Wildman–Crippen MR) is 80.6 cm³/mol. The summed E-state index contributed by atoms with van der Waals surface area (Å²) in [5.74, 6) is 1.68. The molecule has 92 valence electrons. The summed E-state index contributed by atoms with van der Waals surface area (Å²) in [6.45, 7) is 3.38. The summed E-state index contributed by atoms with van der Waals surface area (Å²) in [7, 11) is 2.11. The molecule has 1 aromatic carbocycles. The standard InChI is InChI=1S/C13H17BrN2S/c1-8-5-9(8)7-16(2)12-4-3-10(14)6-11(12)13(15)17/h3-4,6,8-9H,5,7H2,1-2H3,(H2,15,17). The van der Waals surface area contributed by atoms with Crippen LogP contribution in [0.4, 0.5) is 5.69 Å². The van der Waals surface area contributed by atoms with E-state index in [4.69, 9.17) is 18.0 Å². The van der Waals surface area contributed by atoms with Gasteiger partial charge < -0.3 is 10.6 Å². The Morgan fingerprint density at radius 1 is 1.59 bits per heavy atom. The molecule has 1 fully saturated rings. The van der Waals surface area contributed by atoms with Crippen molar-refractivity contribution in [1.82, 2.24) is 0 Å². The Morgan fingerprint density at radius 3 is 2.76 bits per heavy atom. The van der Waals surface area contributed by atoms with Crippen molar-refractivity contribution in [1.29, 1.82) is 0 Å². The number of benzene rings is 1. The van der Waals surface area contributed by atoms with Gasteiger partial charge in [0, 0.05) is 29.3 Å². The maximum absolute atomic E-state index is 5.78. The largest absolute Gasteiger partial charge is 0.389 e. The van der Waals surface area contributed by atoms with E-state index in [1.165, 1.54) is 6.42 Å². The summed E-state index contributed by atoms with van der Waals surface area (Å²) >= 11 is 8.56. The summed E-state index contributed by atoms with van der Waals surface area (Å²) in [4.78, 5) is 2.71. The number of nitrogens with two attached hydrogens (primary N) is 1. The molecular formula is C13H17BrN2S. The van der Waals surface area contributed by atoms with Crippen LogP contribution in [0.2, 0.25) is 0 Å². The molecule has 2 nitrogen and oxygen atoms in total. The van der Waals surface area contributed by atoms with Crippen molar-refractivity contribution in [2.24, 2.45) is 17.6 Å². The highest BCUT2D eigenvalue weighted by atomic mass is 79.9. The van der Waals surface area contributed by atoms with Gasteiger partial charge in [0.25, 0.3) is 0 Å². The van der Waals surface area contributed by atoms with E-state index in [9.17, 15) is 0 Å². The van der Waals surface area contributed by atoms with E-state index in [0.717, 1.165) is 34.1 Å². The second-order valence-corrected chi connectivity index (χ2v) is 6.23. The second kappa shape index (κ2) is 4.94. The first-order chi connectivity index (χ1) is 7.99. The predicted octanol–water partition coefficient (Wildman–Crippen LogP) is 3.18. The van der Waals surface area contributed by atoms with Gasteiger partial charge in [0.05, 0.1) is 0 Å². The smallest absolute Gasteiger partial charge is 0.106 e. The van der Waals surface area contributed by atoms with E-state index in [-0.39, 0.29) is 0 Å². The normalized spacial score (nSPS) is 22.3. The highest BCUT2D eigenvalue weighted by Gasteiger charge is 2.33. The molecule has 2 rings (SSSR count). The Morgan fingerprint density at radius 2 is 2.24 bits per heavy atom. The minimum atomic E-state index is 0.456. The zero-order valence-electron chi connectivity index (χ0n) is 10.1. The van der Waals surface area contributed by atoms with Gasteiger partial charge in [-0.05, 0) is 36.5 Å². The fourth-order valence-electron chi connectivity index (χ4n) is 2.14. The zero-order chi connectivity index (χ0) is 12.6. The molecule has 0 saturated heterocycles. The molecule has 2 N–H and O–H groups in total. The topological polar surface area (TPSA) is 29.3 Å². The molecule has 0 bridgehead atoms. The van der Waals surface area contributed by atoms with Crippen LogP contribution in [0.3, 0.4) is 0 Å². The van der Waals surface area contributed by atoms with Crippen molar-refractivity contribution in [2.45, 2.75) is 13.3 Å². The molecule has 4 heteroatoms. The van der Waals surface area contributed by atoms with E-state index < -0.39 is 0 Å². The van der Waals surface area contributed by atoms with Crippen LogP contribution in [0.15, 0.2) is 22.7 Å². The van der Waals surface area contributed by atoms with Crippen LogP contribution in [0, 0.1) is 11.8 Å². The van der Waals surface area contributed by atoms with E-state index in [2.05, 4.69) is 40.9 Å². The van der Waals surface area contributed by atoms with Gasteiger partial charge in [-0.2, -0.15) is 0 Å². The molecule has 0 radical (unpaired) electrons. The first kappa shape index (κ1) is 12.8. The number of hydrogen-bond acceptors (Lipinski definition) is 2. The van der Waals surface area contributed by atoms with Crippen molar-refractivity contribution in [3.05, 3.63) is 28.2 Å². The summed E-state index contributed by atoms with van der Waals surface area (Å²) in [6, 6.07) is 6.10. The summed E-state index contributed by atoms with van der Waals surface area (Å²) in [5, 5.41) is 0. The molecule has 2 atom stereocenters. The Labute approximate surface area is 116 Å². The number of hydrogen-bond donors (Lipinski definition) is 1. The van der Waals surface area contributed by atoms with Crippen molar-refractivity contribution in [3.63, 3.8) is 0 Å². The number of anilines is 1. The molecule has 0 amide bonds. The lowest BCUT2D eigenvalue weighted by Crippen LogP contribution is -2.24. The lowest BCUT2D eigenvalue weighted by molar-refractivity contribution is 0.725. The monoisotopic (exact) mass is 312 g/mol. The molecule has 17 heavy (non-hydrogen) atoms. The van der Waals surface area contributed by atoms with Gasteiger partial charge in [0.1, 0.15) is 4.99 Å². The fourth-order valence-corrected chi connectivity index (χ4v) is 2.67. The third-order valence-electron chi connectivity index (χ3n) is 3.42. The Balaban J connectivity index is 2.21. The minimum Gasteiger partial charge on any atom is -0.389 e. The quantitative estimate of drug-likeness (QED) is 0.866. The van der Waals surface area contributed by atoms with Gasteiger partial charge >= 0.3 is 0 Å².